The van der Waals surface area contributed by atoms with Gasteiger partial charge in [0.1, 0.15) is 12.1 Å². The van der Waals surface area contributed by atoms with Crippen LogP contribution in [0.5, 0.6) is 0 Å². The van der Waals surface area contributed by atoms with Crippen LogP contribution in [0.15, 0.2) is 17.5 Å². The van der Waals surface area contributed by atoms with E-state index < -0.39 is 28.0 Å². The van der Waals surface area contributed by atoms with Crippen LogP contribution in [-0.4, -0.2) is 85.1 Å². The molecule has 220 valence electrons. The number of hydrogen-bond donors (Lipinski definition) is 1. The summed E-state index contributed by atoms with van der Waals surface area (Å²) < 4.78 is 28.3. The Labute approximate surface area is 245 Å². The number of carbonyl (C=O) groups excluding carboxylic acids is 3. The number of carbonyl (C=O) groups is 3. The Balaban J connectivity index is 1.20. The minimum atomic E-state index is -3.88. The molecule has 2 bridgehead atoms. The van der Waals surface area contributed by atoms with Gasteiger partial charge in [-0.3, -0.25) is 14.4 Å². The lowest BCUT2D eigenvalue weighted by Gasteiger charge is -2.39. The maximum absolute atomic E-state index is 13.8. The number of piperidine rings is 1. The molecule has 9 nitrogen and oxygen atoms in total. The van der Waals surface area contributed by atoms with Gasteiger partial charge < -0.3 is 14.7 Å². The topological polar surface area (TPSA) is 107 Å². The number of sulfonamides is 1. The smallest absolute Gasteiger partial charge is 0.245 e. The number of nitrogens with zero attached hydrogens (tertiary/aromatic N) is 3. The summed E-state index contributed by atoms with van der Waals surface area (Å²) in [6.45, 7) is 8.27. The highest BCUT2D eigenvalue weighted by atomic mass is 35.5. The molecule has 12 heteroatoms. The number of halogens is 1. The van der Waals surface area contributed by atoms with E-state index in [1.165, 1.54) is 22.3 Å². The van der Waals surface area contributed by atoms with Gasteiger partial charge in [0.15, 0.2) is 0 Å². The van der Waals surface area contributed by atoms with Crippen molar-refractivity contribution < 1.29 is 22.8 Å². The predicted molar refractivity (Wildman–Crippen MR) is 156 cm³/mol. The molecule has 4 heterocycles. The maximum atomic E-state index is 13.8. The lowest BCUT2D eigenvalue weighted by Crippen LogP contribution is -2.56. The van der Waals surface area contributed by atoms with E-state index >= 15 is 0 Å². The normalized spacial score (nSPS) is 30.4. The summed E-state index contributed by atoms with van der Waals surface area (Å²) in [5.74, 6) is -0.635. The van der Waals surface area contributed by atoms with E-state index in [0.717, 1.165) is 37.6 Å². The highest BCUT2D eigenvalue weighted by molar-refractivity contribution is 7.92. The first-order valence-electron chi connectivity index (χ1n) is 14.1. The average molecular weight is 611 g/mol. The Morgan fingerprint density at radius 2 is 1.88 bits per heavy atom. The van der Waals surface area contributed by atoms with Crippen molar-refractivity contribution in [2.45, 2.75) is 83.8 Å². The van der Waals surface area contributed by atoms with Gasteiger partial charge in [0, 0.05) is 36.0 Å². The lowest BCUT2D eigenvalue weighted by atomic mass is 9.65. The van der Waals surface area contributed by atoms with Gasteiger partial charge in [-0.2, -0.15) is 4.72 Å². The Bertz CT molecular complexity index is 1310. The Morgan fingerprint density at radius 1 is 1.12 bits per heavy atom. The standard InChI is InChI=1S/C28H39ClN4O5S2/c1-27(2)14-19-15-28(3,17-27)18-33(19)26(36)22-7-5-12-32(22)24(34)16-31-11-4-6-21(25(31)35)30-40(37,38)13-10-20-8-9-23(29)39-20/h8-10,13,19,21-22,30H,4-7,11-12,14-18H2,1-3H3/b13-10+. The molecule has 3 aliphatic heterocycles. The lowest BCUT2D eigenvalue weighted by molar-refractivity contribution is -0.148. The number of nitrogens with one attached hydrogen (secondary N) is 1. The first kappa shape index (κ1) is 29.5. The number of thiophene rings is 1. The summed E-state index contributed by atoms with van der Waals surface area (Å²) >= 11 is 7.15. The van der Waals surface area contributed by atoms with Crippen LogP contribution in [0.1, 0.15) is 70.6 Å². The molecule has 1 aromatic rings. The van der Waals surface area contributed by atoms with Crippen LogP contribution in [0.25, 0.3) is 6.08 Å². The fourth-order valence-electron chi connectivity index (χ4n) is 7.50. The van der Waals surface area contributed by atoms with Crippen molar-refractivity contribution in [2.24, 2.45) is 10.8 Å². The quantitative estimate of drug-likeness (QED) is 0.507. The summed E-state index contributed by atoms with van der Waals surface area (Å²) in [7, 11) is -3.88. The summed E-state index contributed by atoms with van der Waals surface area (Å²) in [5, 5.41) is 1.03. The second-order valence-corrected chi connectivity index (χ2v) is 16.3. The molecule has 3 saturated heterocycles. The van der Waals surface area contributed by atoms with E-state index in [9.17, 15) is 22.8 Å². The van der Waals surface area contributed by atoms with E-state index in [1.807, 2.05) is 4.90 Å². The number of likely N-dealkylation sites (tertiary alicyclic amines) is 3. The summed E-state index contributed by atoms with van der Waals surface area (Å²) in [4.78, 5) is 46.2. The molecule has 0 radical (unpaired) electrons. The number of rotatable bonds is 7. The van der Waals surface area contributed by atoms with Gasteiger partial charge in [0.05, 0.1) is 10.9 Å². The van der Waals surface area contributed by atoms with Gasteiger partial charge in [-0.05, 0) is 74.0 Å². The molecule has 0 spiro atoms. The third-order valence-electron chi connectivity index (χ3n) is 8.72. The minimum absolute atomic E-state index is 0.0340. The van der Waals surface area contributed by atoms with Gasteiger partial charge in [-0.15, -0.1) is 11.3 Å². The van der Waals surface area contributed by atoms with Crippen LogP contribution in [0.4, 0.5) is 0 Å². The van der Waals surface area contributed by atoms with Crippen LogP contribution >= 0.6 is 22.9 Å². The zero-order chi connectivity index (χ0) is 28.9. The van der Waals surface area contributed by atoms with Crippen molar-refractivity contribution >= 4 is 56.8 Å². The van der Waals surface area contributed by atoms with Gasteiger partial charge >= 0.3 is 0 Å². The van der Waals surface area contributed by atoms with Crippen molar-refractivity contribution in [3.63, 3.8) is 0 Å². The predicted octanol–water partition coefficient (Wildman–Crippen LogP) is 3.70. The monoisotopic (exact) mass is 610 g/mol. The molecule has 1 aromatic heterocycles. The van der Waals surface area contributed by atoms with Crippen molar-refractivity contribution in [2.75, 3.05) is 26.2 Å². The van der Waals surface area contributed by atoms with Crippen molar-refractivity contribution in [3.8, 4) is 0 Å². The molecule has 4 aliphatic rings. The molecule has 1 saturated carbocycles. The van der Waals surface area contributed by atoms with Crippen LogP contribution < -0.4 is 4.72 Å². The molecule has 1 aliphatic carbocycles. The number of fused-ring (bicyclic) bond motifs is 2. The van der Waals surface area contributed by atoms with Crippen molar-refractivity contribution in [1.82, 2.24) is 19.4 Å². The fraction of sp³-hybridized carbons (Fsp3) is 0.679. The van der Waals surface area contributed by atoms with Gasteiger partial charge in [-0.25, -0.2) is 8.42 Å². The van der Waals surface area contributed by atoms with Gasteiger partial charge in [0.2, 0.25) is 27.7 Å². The second kappa shape index (κ2) is 11.0. The van der Waals surface area contributed by atoms with E-state index in [1.54, 1.807) is 17.0 Å². The SMILES string of the molecule is CC1(C)CC2CC(C)(CN2C(=O)C2CCCN2C(=O)CN2CCCC(NS(=O)(=O)/C=C/c3ccc(Cl)s3)C2=O)C1. The third-order valence-corrected chi connectivity index (χ3v) is 11.0. The van der Waals surface area contributed by atoms with Crippen LogP contribution in [0, 0.1) is 10.8 Å². The van der Waals surface area contributed by atoms with E-state index in [0.29, 0.717) is 41.6 Å². The largest absolute Gasteiger partial charge is 0.337 e. The molecule has 4 atom stereocenters. The molecule has 4 fully saturated rings. The highest BCUT2D eigenvalue weighted by Gasteiger charge is 2.52. The molecular weight excluding hydrogens is 572 g/mol. The minimum Gasteiger partial charge on any atom is -0.337 e. The summed E-state index contributed by atoms with van der Waals surface area (Å²) in [6.07, 6.45) is 6.83. The van der Waals surface area contributed by atoms with Crippen LogP contribution in [0.2, 0.25) is 4.34 Å². The fourth-order valence-corrected chi connectivity index (χ4v) is 9.57. The molecule has 0 aromatic carbocycles. The highest BCUT2D eigenvalue weighted by Crippen LogP contribution is 2.52. The maximum Gasteiger partial charge on any atom is 0.245 e. The van der Waals surface area contributed by atoms with Crippen LogP contribution in [0.3, 0.4) is 0 Å². The Hall–Kier alpha value is -1.95. The molecule has 3 amide bonds. The third kappa shape index (κ3) is 6.42. The summed E-state index contributed by atoms with van der Waals surface area (Å²) in [5.41, 5.74) is 0.308. The Kier molecular flexibility index (Phi) is 8.15. The molecule has 4 unspecified atom stereocenters. The first-order chi connectivity index (χ1) is 18.7. The molecule has 1 N–H and O–H groups in total. The molecular formula is C28H39ClN4O5S2. The van der Waals surface area contributed by atoms with Crippen LogP contribution in [-0.2, 0) is 24.4 Å². The number of hydrogen-bond acceptors (Lipinski definition) is 6. The van der Waals surface area contributed by atoms with Gasteiger partial charge in [-0.1, -0.05) is 32.4 Å². The van der Waals surface area contributed by atoms with E-state index in [4.69, 9.17) is 11.6 Å². The first-order valence-corrected chi connectivity index (χ1v) is 16.8. The number of amides is 3. The van der Waals surface area contributed by atoms with Crippen molar-refractivity contribution in [1.29, 1.82) is 0 Å². The van der Waals surface area contributed by atoms with E-state index in [2.05, 4.69) is 25.5 Å². The molecule has 40 heavy (non-hydrogen) atoms. The molecule has 5 rings (SSSR count). The summed E-state index contributed by atoms with van der Waals surface area (Å²) in [6, 6.07) is 2.17. The second-order valence-electron chi connectivity index (χ2n) is 13.0. The average Bonchev–Trinajstić information content (AvgIpc) is 3.56. The van der Waals surface area contributed by atoms with Crippen molar-refractivity contribution in [3.05, 3.63) is 26.8 Å². The van der Waals surface area contributed by atoms with E-state index in [-0.39, 0.29) is 35.2 Å². The Morgan fingerprint density at radius 3 is 2.60 bits per heavy atom. The van der Waals surface area contributed by atoms with Gasteiger partial charge in [0.25, 0.3) is 0 Å². The zero-order valence-electron chi connectivity index (χ0n) is 23.4. The zero-order valence-corrected chi connectivity index (χ0v) is 25.8.